The highest BCUT2D eigenvalue weighted by Gasteiger charge is 2.50. The predicted octanol–water partition coefficient (Wildman–Crippen LogP) is 11.2. The molecule has 0 aromatic rings. The van der Waals surface area contributed by atoms with Crippen LogP contribution in [0.15, 0.2) is 35.5 Å². The minimum atomic E-state index is -1.95. The van der Waals surface area contributed by atoms with Gasteiger partial charge in [-0.05, 0) is 109 Å². The summed E-state index contributed by atoms with van der Waals surface area (Å²) in [7, 11) is -3.84. The van der Waals surface area contributed by atoms with E-state index >= 15 is 0 Å². The summed E-state index contributed by atoms with van der Waals surface area (Å²) in [6.07, 6.45) is 13.8. The van der Waals surface area contributed by atoms with Gasteiger partial charge < -0.3 is 8.85 Å². The van der Waals surface area contributed by atoms with Crippen molar-refractivity contribution < 1.29 is 8.85 Å². The summed E-state index contributed by atoms with van der Waals surface area (Å²) in [6.45, 7) is 33.3. The second-order valence-corrected chi connectivity index (χ2v) is 26.7. The van der Waals surface area contributed by atoms with Gasteiger partial charge in [-0.25, -0.2) is 0 Å². The number of rotatable bonds is 7. The Morgan fingerprint density at radius 2 is 1.59 bits per heavy atom. The Kier molecular flexibility index (Phi) is 10.3. The molecule has 2 nitrogen and oxygen atoms in total. The first-order valence-electron chi connectivity index (χ1n) is 15.7. The van der Waals surface area contributed by atoms with Crippen molar-refractivity contribution in [1.29, 1.82) is 0 Å². The first kappa shape index (κ1) is 33.6. The normalized spacial score (nSPS) is 34.0. The Bertz CT molecular complexity index is 951. The second kappa shape index (κ2) is 12.0. The summed E-state index contributed by atoms with van der Waals surface area (Å²) >= 11 is 3.79. The van der Waals surface area contributed by atoms with E-state index in [-0.39, 0.29) is 22.3 Å². The van der Waals surface area contributed by atoms with Gasteiger partial charge in [-0.1, -0.05) is 95.6 Å². The number of allylic oxidation sites excluding steroid dienone is 3. The molecule has 0 amide bonds. The Balaban J connectivity index is 1.93. The van der Waals surface area contributed by atoms with Crippen molar-refractivity contribution in [1.82, 2.24) is 0 Å². The fourth-order valence-corrected chi connectivity index (χ4v) is 10.2. The Morgan fingerprint density at radius 3 is 2.15 bits per heavy atom. The number of hydrogen-bond acceptors (Lipinski definition) is 2. The topological polar surface area (TPSA) is 18.5 Å². The minimum absolute atomic E-state index is 0.0475. The Labute approximate surface area is 253 Å². The lowest BCUT2D eigenvalue weighted by Crippen LogP contribution is -2.49. The molecule has 39 heavy (non-hydrogen) atoms. The third-order valence-corrected chi connectivity index (χ3v) is 21.7. The van der Waals surface area contributed by atoms with Crippen LogP contribution in [0.3, 0.4) is 0 Å². The van der Waals surface area contributed by atoms with Crippen LogP contribution in [0.2, 0.25) is 36.3 Å². The minimum Gasteiger partial charge on any atom is -0.413 e. The molecule has 6 atom stereocenters. The third-order valence-electron chi connectivity index (χ3n) is 11.7. The monoisotopic (exact) mass is 636 g/mol. The molecule has 3 rings (SSSR count). The Morgan fingerprint density at radius 1 is 1.00 bits per heavy atom. The van der Waals surface area contributed by atoms with Crippen molar-refractivity contribution in [2.45, 2.75) is 149 Å². The van der Waals surface area contributed by atoms with Crippen LogP contribution in [-0.4, -0.2) is 34.2 Å². The van der Waals surface area contributed by atoms with Gasteiger partial charge in [-0.15, -0.1) is 0 Å². The van der Waals surface area contributed by atoms with Crippen LogP contribution >= 0.6 is 15.9 Å². The maximum Gasteiger partial charge on any atom is 0.192 e. The summed E-state index contributed by atoms with van der Waals surface area (Å²) in [5.74, 6) is 2.30. The van der Waals surface area contributed by atoms with E-state index in [1.807, 2.05) is 0 Å². The number of alkyl halides is 1. The SMILES string of the molecule is C=C1C(=CC=C2CCC[C@@]3(C)C2CC[C@@H]3[C@H](C)CBr)C[C@@H](O[Si](C)(C)C(C)(C)C)C[C@@H]1O[Si](C)(C)C(C)(C)C. The van der Waals surface area contributed by atoms with Gasteiger partial charge in [0, 0.05) is 11.8 Å². The zero-order valence-corrected chi connectivity index (χ0v) is 31.2. The fraction of sp³-hybridized carbons (Fsp3) is 0.824. The van der Waals surface area contributed by atoms with E-state index in [4.69, 9.17) is 8.85 Å². The average molecular weight is 638 g/mol. The van der Waals surface area contributed by atoms with Crippen LogP contribution < -0.4 is 0 Å². The van der Waals surface area contributed by atoms with Gasteiger partial charge in [0.2, 0.25) is 0 Å². The summed E-state index contributed by atoms with van der Waals surface area (Å²) in [5.41, 5.74) is 4.68. The molecule has 0 saturated heterocycles. The molecule has 3 saturated carbocycles. The molecule has 1 unspecified atom stereocenters. The molecule has 0 heterocycles. The van der Waals surface area contributed by atoms with Gasteiger partial charge >= 0.3 is 0 Å². The first-order chi connectivity index (χ1) is 17.7. The van der Waals surface area contributed by atoms with Gasteiger partial charge in [-0.3, -0.25) is 0 Å². The van der Waals surface area contributed by atoms with E-state index in [0.29, 0.717) is 5.41 Å². The molecule has 3 aliphatic rings. The molecule has 3 aliphatic carbocycles. The van der Waals surface area contributed by atoms with Crippen molar-refractivity contribution in [3.8, 4) is 0 Å². The molecule has 0 spiro atoms. The third kappa shape index (κ3) is 7.17. The molecule has 0 aromatic heterocycles. The molecule has 0 radical (unpaired) electrons. The molecule has 224 valence electrons. The van der Waals surface area contributed by atoms with Crippen LogP contribution in [0.1, 0.15) is 100 Å². The van der Waals surface area contributed by atoms with E-state index in [1.165, 1.54) is 43.3 Å². The molecule has 0 N–H and O–H groups in total. The van der Waals surface area contributed by atoms with Crippen molar-refractivity contribution in [2.75, 3.05) is 5.33 Å². The number of fused-ring (bicyclic) bond motifs is 1. The maximum absolute atomic E-state index is 7.05. The highest BCUT2D eigenvalue weighted by molar-refractivity contribution is 9.09. The van der Waals surface area contributed by atoms with E-state index < -0.39 is 16.6 Å². The summed E-state index contributed by atoms with van der Waals surface area (Å²) in [6, 6.07) is 0. The van der Waals surface area contributed by atoms with Crippen molar-refractivity contribution in [2.24, 2.45) is 23.2 Å². The smallest absolute Gasteiger partial charge is 0.192 e. The molecule has 5 heteroatoms. The maximum atomic E-state index is 7.05. The van der Waals surface area contributed by atoms with Gasteiger partial charge in [-0.2, -0.15) is 0 Å². The highest BCUT2D eigenvalue weighted by Crippen LogP contribution is 2.59. The molecule has 0 bridgehead atoms. The summed E-state index contributed by atoms with van der Waals surface area (Å²) in [5, 5.41) is 1.49. The van der Waals surface area contributed by atoms with E-state index in [0.717, 1.165) is 35.9 Å². The van der Waals surface area contributed by atoms with Crippen LogP contribution in [0.5, 0.6) is 0 Å². The molecule has 0 aromatic carbocycles. The standard InChI is InChI=1S/C34H61BrO2Si2/c1-24(23-35)29-18-19-30-26(15-14-20-34(29,30)9)16-17-27-21-28(36-38(10,11)32(3,4)5)22-31(25(27)2)37-39(12,13)33(6,7)8/h16-17,24,28-31H,2,14-15,18-23H2,1,3-13H3/t24-,28-,29-,30?,31+,34-/m1/s1. The predicted molar refractivity (Wildman–Crippen MR) is 180 cm³/mol. The van der Waals surface area contributed by atoms with E-state index in [1.54, 1.807) is 5.57 Å². The summed E-state index contributed by atoms with van der Waals surface area (Å²) < 4.78 is 14.1. The van der Waals surface area contributed by atoms with Crippen LogP contribution in [0.25, 0.3) is 0 Å². The number of hydrogen-bond donors (Lipinski definition) is 0. The van der Waals surface area contributed by atoms with E-state index in [2.05, 4.69) is 116 Å². The average Bonchev–Trinajstić information content (AvgIpc) is 3.15. The van der Waals surface area contributed by atoms with Crippen molar-refractivity contribution in [3.63, 3.8) is 0 Å². The lowest BCUT2D eigenvalue weighted by Gasteiger charge is -2.45. The molecule has 0 aliphatic heterocycles. The molecular weight excluding hydrogens is 576 g/mol. The molecule has 3 fully saturated rings. The van der Waals surface area contributed by atoms with Crippen molar-refractivity contribution in [3.05, 3.63) is 35.5 Å². The van der Waals surface area contributed by atoms with Gasteiger partial charge in [0.15, 0.2) is 16.6 Å². The lowest BCUT2D eigenvalue weighted by atomic mass is 9.61. The van der Waals surface area contributed by atoms with Crippen LogP contribution in [-0.2, 0) is 8.85 Å². The van der Waals surface area contributed by atoms with Crippen LogP contribution in [0, 0.1) is 23.2 Å². The quantitative estimate of drug-likeness (QED) is 0.204. The first-order valence-corrected chi connectivity index (χ1v) is 22.7. The van der Waals surface area contributed by atoms with Crippen molar-refractivity contribution >= 4 is 32.6 Å². The van der Waals surface area contributed by atoms with E-state index in [9.17, 15) is 0 Å². The summed E-state index contributed by atoms with van der Waals surface area (Å²) in [4.78, 5) is 0. The molecular formula is C34H61BrO2Si2. The highest BCUT2D eigenvalue weighted by atomic mass is 79.9. The largest absolute Gasteiger partial charge is 0.413 e. The van der Waals surface area contributed by atoms with Crippen LogP contribution in [0.4, 0.5) is 0 Å². The van der Waals surface area contributed by atoms with Gasteiger partial charge in [0.05, 0.1) is 12.2 Å². The zero-order valence-electron chi connectivity index (χ0n) is 27.6. The Hall–Kier alpha value is 0.0538. The fourth-order valence-electron chi connectivity index (χ4n) is 7.09. The van der Waals surface area contributed by atoms with Gasteiger partial charge in [0.25, 0.3) is 0 Å². The number of halogens is 1. The second-order valence-electron chi connectivity index (χ2n) is 16.5. The van der Waals surface area contributed by atoms with Gasteiger partial charge in [0.1, 0.15) is 0 Å². The lowest BCUT2D eigenvalue weighted by molar-refractivity contribution is 0.0969. The zero-order chi connectivity index (χ0) is 29.6.